The third kappa shape index (κ3) is 4.53. The quantitative estimate of drug-likeness (QED) is 0.418. The van der Waals surface area contributed by atoms with Crippen molar-refractivity contribution >= 4 is 23.4 Å². The Balaban J connectivity index is 2.13. The van der Waals surface area contributed by atoms with Gasteiger partial charge in [0.1, 0.15) is 6.20 Å². The fourth-order valence-electron chi connectivity index (χ4n) is 2.79. The molecule has 0 aromatic carbocycles. The molecule has 0 bridgehead atoms. The van der Waals surface area contributed by atoms with Crippen molar-refractivity contribution in [3.8, 4) is 0 Å². The zero-order chi connectivity index (χ0) is 18.6. The van der Waals surface area contributed by atoms with Gasteiger partial charge in [0.05, 0.1) is 11.5 Å². The predicted molar refractivity (Wildman–Crippen MR) is 92.0 cm³/mol. The summed E-state index contributed by atoms with van der Waals surface area (Å²) in [5.74, 6) is 0.0104. The van der Waals surface area contributed by atoms with Gasteiger partial charge in [0.15, 0.2) is 0 Å². The van der Waals surface area contributed by atoms with Gasteiger partial charge in [-0.2, -0.15) is 4.98 Å². The van der Waals surface area contributed by atoms with Gasteiger partial charge in [0.25, 0.3) is 0 Å². The number of nitrogens with zero attached hydrogens (tertiary/aromatic N) is 3. The van der Waals surface area contributed by atoms with Gasteiger partial charge in [0.2, 0.25) is 17.7 Å². The van der Waals surface area contributed by atoms with Crippen LogP contribution in [0.4, 0.5) is 17.5 Å². The molecule has 0 aliphatic heterocycles. The van der Waals surface area contributed by atoms with Crippen molar-refractivity contribution in [3.05, 3.63) is 16.3 Å². The van der Waals surface area contributed by atoms with Crippen LogP contribution in [0.5, 0.6) is 0 Å². The lowest BCUT2D eigenvalue weighted by atomic mass is 9.73. The van der Waals surface area contributed by atoms with Gasteiger partial charge in [-0.15, -0.1) is 0 Å². The van der Waals surface area contributed by atoms with Gasteiger partial charge in [-0.1, -0.05) is 6.92 Å². The number of hydrogen-bond acceptors (Lipinski definition) is 8. The number of carbonyl (C=O) groups is 1. The van der Waals surface area contributed by atoms with Gasteiger partial charge in [-0.25, -0.2) is 4.98 Å². The Kier molecular flexibility index (Phi) is 5.73. The van der Waals surface area contributed by atoms with E-state index in [4.69, 9.17) is 10.8 Å². The highest BCUT2D eigenvalue weighted by Crippen LogP contribution is 2.37. The van der Waals surface area contributed by atoms with Gasteiger partial charge in [0, 0.05) is 17.5 Å². The molecule has 1 atom stereocenters. The molecule has 1 fully saturated rings. The Morgan fingerprint density at radius 3 is 2.72 bits per heavy atom. The molecular formula is C15H24N6O4. The summed E-state index contributed by atoms with van der Waals surface area (Å²) in [6.45, 7) is 3.47. The second kappa shape index (κ2) is 7.60. The maximum absolute atomic E-state index is 11.5. The van der Waals surface area contributed by atoms with Crippen LogP contribution < -0.4 is 16.4 Å². The van der Waals surface area contributed by atoms with E-state index < -0.39 is 10.3 Å². The molecule has 10 heteroatoms. The number of nitro groups is 1. The van der Waals surface area contributed by atoms with Gasteiger partial charge in [-0.3, -0.25) is 14.9 Å². The average Bonchev–Trinajstić information content (AvgIpc) is 2.56. The molecule has 1 heterocycles. The molecular weight excluding hydrogens is 328 g/mol. The fraction of sp³-hybridized carbons (Fsp3) is 0.667. The largest absolute Gasteiger partial charge is 0.394 e. The summed E-state index contributed by atoms with van der Waals surface area (Å²) in [4.78, 5) is 30.3. The van der Waals surface area contributed by atoms with Crippen LogP contribution in [0.25, 0.3) is 0 Å². The zero-order valence-electron chi connectivity index (χ0n) is 14.4. The number of amides is 1. The van der Waals surface area contributed by atoms with Crippen molar-refractivity contribution in [2.45, 2.75) is 51.6 Å². The summed E-state index contributed by atoms with van der Waals surface area (Å²) < 4.78 is 0. The Morgan fingerprint density at radius 2 is 2.20 bits per heavy atom. The average molecular weight is 352 g/mol. The van der Waals surface area contributed by atoms with E-state index in [1.807, 2.05) is 6.92 Å². The molecule has 1 amide bonds. The summed E-state index contributed by atoms with van der Waals surface area (Å²) >= 11 is 0. The highest BCUT2D eigenvalue weighted by atomic mass is 16.6. The van der Waals surface area contributed by atoms with Crippen LogP contribution in [0.1, 0.15) is 39.5 Å². The number of nitrogens with two attached hydrogens (primary N) is 1. The Bertz CT molecular complexity index is 645. The van der Waals surface area contributed by atoms with Crippen molar-refractivity contribution in [1.29, 1.82) is 0 Å². The highest BCUT2D eigenvalue weighted by Gasteiger charge is 2.36. The Morgan fingerprint density at radius 1 is 1.56 bits per heavy atom. The first-order valence-electron chi connectivity index (χ1n) is 8.20. The summed E-state index contributed by atoms with van der Waals surface area (Å²) in [7, 11) is 0. The van der Waals surface area contributed by atoms with E-state index in [1.54, 1.807) is 6.92 Å². The topological polar surface area (TPSA) is 156 Å². The highest BCUT2D eigenvalue weighted by molar-refractivity contribution is 5.80. The number of aliphatic hydroxyl groups is 1. The molecule has 1 aromatic rings. The van der Waals surface area contributed by atoms with Gasteiger partial charge in [-0.05, 0) is 32.6 Å². The summed E-state index contributed by atoms with van der Waals surface area (Å²) in [6, 6.07) is -0.315. The number of rotatable bonds is 7. The third-order valence-electron chi connectivity index (χ3n) is 4.64. The third-order valence-corrected chi connectivity index (χ3v) is 4.64. The maximum atomic E-state index is 11.5. The van der Waals surface area contributed by atoms with E-state index >= 15 is 0 Å². The van der Waals surface area contributed by atoms with Crippen LogP contribution in [0, 0.1) is 15.5 Å². The predicted octanol–water partition coefficient (Wildman–Crippen LogP) is 1.02. The lowest BCUT2D eigenvalue weighted by Gasteiger charge is -2.35. The number of anilines is 2. The van der Waals surface area contributed by atoms with Crippen LogP contribution >= 0.6 is 0 Å². The molecule has 138 valence electrons. The minimum Gasteiger partial charge on any atom is -0.394 e. The number of aromatic nitrogens is 2. The molecule has 5 N–H and O–H groups in total. The minimum absolute atomic E-state index is 0.0378. The van der Waals surface area contributed by atoms with Crippen molar-refractivity contribution in [1.82, 2.24) is 9.97 Å². The normalized spacial score (nSPS) is 24.4. The van der Waals surface area contributed by atoms with Crippen molar-refractivity contribution in [3.63, 3.8) is 0 Å². The van der Waals surface area contributed by atoms with Gasteiger partial charge >= 0.3 is 5.69 Å². The van der Waals surface area contributed by atoms with Crippen LogP contribution in [0.15, 0.2) is 6.20 Å². The molecule has 10 nitrogen and oxygen atoms in total. The molecule has 0 saturated heterocycles. The number of primary amides is 1. The molecule has 2 rings (SSSR count). The van der Waals surface area contributed by atoms with E-state index in [9.17, 15) is 14.9 Å². The summed E-state index contributed by atoms with van der Waals surface area (Å²) in [6.07, 6.45) is 3.70. The lowest BCUT2D eigenvalue weighted by molar-refractivity contribution is -0.384. The molecule has 1 aliphatic carbocycles. The fourth-order valence-corrected chi connectivity index (χ4v) is 2.79. The standard InChI is InChI=1S/C15H24N6O4/c1-9(8-22)18-14-17-7-11(21(24)25)12(20-14)19-10-3-5-15(2,6-4-10)13(16)23/h7,9-10,22H,3-6,8H2,1-2H3,(H2,16,23)(H2,17,18,19,20). The molecule has 1 saturated carbocycles. The Labute approximate surface area is 145 Å². The molecule has 25 heavy (non-hydrogen) atoms. The van der Waals surface area contributed by atoms with E-state index in [0.29, 0.717) is 25.7 Å². The van der Waals surface area contributed by atoms with Crippen LogP contribution in [-0.4, -0.2) is 44.6 Å². The number of nitrogens with one attached hydrogen (secondary N) is 2. The van der Waals surface area contributed by atoms with Crippen molar-refractivity contribution in [2.75, 3.05) is 17.2 Å². The number of aliphatic hydroxyl groups excluding tert-OH is 1. The van der Waals surface area contributed by atoms with Crippen molar-refractivity contribution < 1.29 is 14.8 Å². The lowest BCUT2D eigenvalue weighted by Crippen LogP contribution is -2.40. The summed E-state index contributed by atoms with van der Waals surface area (Å²) in [5.41, 5.74) is 4.70. The monoisotopic (exact) mass is 352 g/mol. The van der Waals surface area contributed by atoms with E-state index in [0.717, 1.165) is 6.20 Å². The molecule has 1 unspecified atom stereocenters. The smallest absolute Gasteiger partial charge is 0.329 e. The molecule has 0 spiro atoms. The second-order valence-electron chi connectivity index (χ2n) is 6.76. The maximum Gasteiger partial charge on any atom is 0.329 e. The SMILES string of the molecule is CC(CO)Nc1ncc([N+](=O)[O-])c(NC2CCC(C)(C(N)=O)CC2)n1. The van der Waals surface area contributed by atoms with Crippen LogP contribution in [-0.2, 0) is 4.79 Å². The van der Waals surface area contributed by atoms with Gasteiger partial charge < -0.3 is 21.5 Å². The molecule has 1 aromatic heterocycles. The number of carbonyl (C=O) groups excluding carboxylic acids is 1. The Hall–Kier alpha value is -2.49. The first-order chi connectivity index (χ1) is 11.7. The van der Waals surface area contributed by atoms with E-state index in [-0.39, 0.29) is 42.1 Å². The molecule has 0 radical (unpaired) electrons. The first kappa shape index (κ1) is 18.8. The number of hydrogen-bond donors (Lipinski definition) is 4. The minimum atomic E-state index is -0.544. The van der Waals surface area contributed by atoms with E-state index in [2.05, 4.69) is 20.6 Å². The first-order valence-corrected chi connectivity index (χ1v) is 8.20. The van der Waals surface area contributed by atoms with Crippen LogP contribution in [0.3, 0.4) is 0 Å². The molecule has 1 aliphatic rings. The second-order valence-corrected chi connectivity index (χ2v) is 6.76. The van der Waals surface area contributed by atoms with Crippen LogP contribution in [0.2, 0.25) is 0 Å². The van der Waals surface area contributed by atoms with Crippen molar-refractivity contribution in [2.24, 2.45) is 11.1 Å². The summed E-state index contributed by atoms with van der Waals surface area (Å²) in [5, 5.41) is 26.3. The van der Waals surface area contributed by atoms with E-state index in [1.165, 1.54) is 0 Å². The zero-order valence-corrected chi connectivity index (χ0v) is 14.4.